The van der Waals surface area contributed by atoms with Gasteiger partial charge < -0.3 is 15.4 Å². The number of nitrogens with zero attached hydrogens (tertiary/aromatic N) is 1. The molecule has 1 rings (SSSR count). The largest absolute Gasteiger partial charge is 0.493 e. The molecule has 0 saturated carbocycles. The van der Waals surface area contributed by atoms with Gasteiger partial charge in [0.15, 0.2) is 0 Å². The molecule has 0 saturated heterocycles. The van der Waals surface area contributed by atoms with Gasteiger partial charge in [-0.3, -0.25) is 4.79 Å². The average Bonchev–Trinajstić information content (AvgIpc) is 2.47. The van der Waals surface area contributed by atoms with E-state index in [2.05, 4.69) is 19.9 Å². The maximum atomic E-state index is 12.1. The first-order valence-corrected chi connectivity index (χ1v) is 8.01. The van der Waals surface area contributed by atoms with Gasteiger partial charge in [0.25, 0.3) is 0 Å². The Morgan fingerprint density at radius 1 is 1.32 bits per heavy atom. The van der Waals surface area contributed by atoms with Crippen molar-refractivity contribution >= 4 is 5.91 Å². The summed E-state index contributed by atoms with van der Waals surface area (Å²) in [7, 11) is 1.83. The fourth-order valence-corrected chi connectivity index (χ4v) is 2.10. The summed E-state index contributed by atoms with van der Waals surface area (Å²) >= 11 is 0. The van der Waals surface area contributed by atoms with Crippen molar-refractivity contribution in [3.63, 3.8) is 0 Å². The van der Waals surface area contributed by atoms with Crippen molar-refractivity contribution in [3.8, 4) is 5.75 Å². The highest BCUT2D eigenvalue weighted by atomic mass is 16.5. The van der Waals surface area contributed by atoms with Crippen molar-refractivity contribution in [3.05, 3.63) is 29.3 Å². The van der Waals surface area contributed by atoms with Crippen LogP contribution in [0.4, 0.5) is 0 Å². The Labute approximate surface area is 134 Å². The summed E-state index contributed by atoms with van der Waals surface area (Å²) < 4.78 is 5.73. The third-order valence-electron chi connectivity index (χ3n) is 4.00. The van der Waals surface area contributed by atoms with Crippen molar-refractivity contribution in [2.75, 3.05) is 20.2 Å². The maximum absolute atomic E-state index is 12.1. The number of hydrogen-bond acceptors (Lipinski definition) is 3. The molecule has 0 heterocycles. The summed E-state index contributed by atoms with van der Waals surface area (Å²) in [6.45, 7) is 9.35. The molecule has 2 N–H and O–H groups in total. The molecule has 0 fully saturated rings. The number of amides is 1. The first-order chi connectivity index (χ1) is 10.3. The van der Waals surface area contributed by atoms with Gasteiger partial charge >= 0.3 is 0 Å². The minimum atomic E-state index is 0.0984. The third kappa shape index (κ3) is 6.06. The van der Waals surface area contributed by atoms with Gasteiger partial charge in [0.2, 0.25) is 5.91 Å². The predicted octanol–water partition coefficient (Wildman–Crippen LogP) is 2.90. The number of aryl methyl sites for hydroxylation is 2. The summed E-state index contributed by atoms with van der Waals surface area (Å²) in [6, 6.07) is 6.23. The quantitative estimate of drug-likeness (QED) is 0.803. The molecular weight excluding hydrogens is 276 g/mol. The number of nitrogens with two attached hydrogens (primary N) is 1. The zero-order valence-electron chi connectivity index (χ0n) is 14.6. The molecule has 1 atom stereocenters. The summed E-state index contributed by atoms with van der Waals surface area (Å²) in [4.78, 5) is 13.8. The van der Waals surface area contributed by atoms with E-state index >= 15 is 0 Å². The molecule has 1 amide bonds. The topological polar surface area (TPSA) is 55.6 Å². The van der Waals surface area contributed by atoms with Gasteiger partial charge in [-0.1, -0.05) is 26.0 Å². The molecule has 0 spiro atoms. The Kier molecular flexibility index (Phi) is 7.39. The Bertz CT molecular complexity index is 486. The fraction of sp³-hybridized carbons (Fsp3) is 0.611. The molecule has 1 unspecified atom stereocenters. The molecule has 0 radical (unpaired) electrons. The fourth-order valence-electron chi connectivity index (χ4n) is 2.10. The third-order valence-corrected chi connectivity index (χ3v) is 4.00. The molecule has 4 heteroatoms. The van der Waals surface area contributed by atoms with Crippen LogP contribution in [0.2, 0.25) is 0 Å². The van der Waals surface area contributed by atoms with E-state index in [-0.39, 0.29) is 11.9 Å². The van der Waals surface area contributed by atoms with E-state index in [0.29, 0.717) is 25.5 Å². The van der Waals surface area contributed by atoms with E-state index in [9.17, 15) is 4.79 Å². The van der Waals surface area contributed by atoms with Crippen molar-refractivity contribution in [2.45, 2.75) is 46.6 Å². The number of carbonyl (C=O) groups excluding carboxylic acids is 1. The minimum Gasteiger partial charge on any atom is -0.493 e. The Morgan fingerprint density at radius 3 is 2.64 bits per heavy atom. The Hall–Kier alpha value is -1.55. The van der Waals surface area contributed by atoms with Crippen LogP contribution in [-0.4, -0.2) is 37.0 Å². The highest BCUT2D eigenvalue weighted by molar-refractivity contribution is 5.75. The van der Waals surface area contributed by atoms with Gasteiger partial charge in [-0.25, -0.2) is 0 Å². The lowest BCUT2D eigenvalue weighted by molar-refractivity contribution is -0.130. The summed E-state index contributed by atoms with van der Waals surface area (Å²) in [6.07, 6.45) is 1.22. The van der Waals surface area contributed by atoms with Crippen LogP contribution in [-0.2, 0) is 4.79 Å². The number of carbonyl (C=O) groups is 1. The van der Waals surface area contributed by atoms with Gasteiger partial charge in [0.05, 0.1) is 13.0 Å². The lowest BCUT2D eigenvalue weighted by atomic mass is 10.0. The molecule has 124 valence electrons. The van der Waals surface area contributed by atoms with Crippen LogP contribution in [0.3, 0.4) is 0 Å². The van der Waals surface area contributed by atoms with Gasteiger partial charge in [-0.05, 0) is 43.4 Å². The van der Waals surface area contributed by atoms with Crippen LogP contribution >= 0.6 is 0 Å². The second-order valence-electron chi connectivity index (χ2n) is 6.38. The highest BCUT2D eigenvalue weighted by Crippen LogP contribution is 2.19. The molecule has 4 nitrogen and oxygen atoms in total. The van der Waals surface area contributed by atoms with Crippen molar-refractivity contribution in [1.29, 1.82) is 0 Å². The van der Waals surface area contributed by atoms with Gasteiger partial charge in [-0.15, -0.1) is 0 Å². The zero-order valence-corrected chi connectivity index (χ0v) is 14.6. The van der Waals surface area contributed by atoms with Crippen LogP contribution in [0.5, 0.6) is 5.75 Å². The second-order valence-corrected chi connectivity index (χ2v) is 6.38. The monoisotopic (exact) mass is 306 g/mol. The molecular formula is C18H30N2O2. The van der Waals surface area contributed by atoms with Crippen LogP contribution in [0, 0.1) is 19.8 Å². The normalized spacial score (nSPS) is 12.3. The van der Waals surface area contributed by atoms with Crippen LogP contribution in [0.1, 0.15) is 37.8 Å². The summed E-state index contributed by atoms with van der Waals surface area (Å²) in [5.41, 5.74) is 8.26. The number of rotatable bonds is 8. The summed E-state index contributed by atoms with van der Waals surface area (Å²) in [5, 5.41) is 0. The molecule has 1 aromatic carbocycles. The van der Waals surface area contributed by atoms with Crippen LogP contribution < -0.4 is 10.5 Å². The lowest BCUT2D eigenvalue weighted by Crippen LogP contribution is -2.35. The molecule has 0 aliphatic rings. The molecule has 0 aliphatic heterocycles. The van der Waals surface area contributed by atoms with Crippen LogP contribution in [0.15, 0.2) is 18.2 Å². The van der Waals surface area contributed by atoms with Gasteiger partial charge in [-0.2, -0.15) is 0 Å². The number of benzene rings is 1. The molecule has 22 heavy (non-hydrogen) atoms. The van der Waals surface area contributed by atoms with E-state index < -0.39 is 0 Å². The van der Waals surface area contributed by atoms with Crippen molar-refractivity contribution < 1.29 is 9.53 Å². The molecule has 1 aromatic rings. The highest BCUT2D eigenvalue weighted by Gasteiger charge is 2.13. The van der Waals surface area contributed by atoms with E-state index in [4.69, 9.17) is 10.5 Å². The SMILES string of the molecule is Cc1ccc(C)c(OCCC(=O)N(C)CCC(N)C(C)C)c1. The van der Waals surface area contributed by atoms with Gasteiger partial charge in [0.1, 0.15) is 5.75 Å². The number of hydrogen-bond donors (Lipinski definition) is 1. The second kappa shape index (κ2) is 8.79. The standard InChI is InChI=1S/C18H30N2O2/c1-13(2)16(19)8-10-20(5)18(21)9-11-22-17-12-14(3)6-7-15(17)4/h6-7,12-13,16H,8-11,19H2,1-5H3. The van der Waals surface area contributed by atoms with Crippen molar-refractivity contribution in [1.82, 2.24) is 4.90 Å². The first kappa shape index (κ1) is 18.5. The van der Waals surface area contributed by atoms with E-state index in [1.54, 1.807) is 4.90 Å². The predicted molar refractivity (Wildman–Crippen MR) is 91.1 cm³/mol. The molecule has 0 aromatic heterocycles. The Morgan fingerprint density at radius 2 is 2.00 bits per heavy atom. The average molecular weight is 306 g/mol. The Balaban J connectivity index is 2.34. The minimum absolute atomic E-state index is 0.0984. The number of ether oxygens (including phenoxy) is 1. The van der Waals surface area contributed by atoms with E-state index in [1.807, 2.05) is 33.0 Å². The lowest BCUT2D eigenvalue weighted by Gasteiger charge is -2.21. The summed E-state index contributed by atoms with van der Waals surface area (Å²) in [5.74, 6) is 1.40. The smallest absolute Gasteiger partial charge is 0.225 e. The van der Waals surface area contributed by atoms with Crippen molar-refractivity contribution in [2.24, 2.45) is 11.7 Å². The zero-order chi connectivity index (χ0) is 16.7. The maximum Gasteiger partial charge on any atom is 0.225 e. The molecule has 0 bridgehead atoms. The van der Waals surface area contributed by atoms with Gasteiger partial charge in [0, 0.05) is 19.6 Å². The molecule has 0 aliphatic carbocycles. The van der Waals surface area contributed by atoms with Crippen LogP contribution in [0.25, 0.3) is 0 Å². The van der Waals surface area contributed by atoms with E-state index in [0.717, 1.165) is 23.3 Å². The first-order valence-electron chi connectivity index (χ1n) is 8.01. The van der Waals surface area contributed by atoms with E-state index in [1.165, 1.54) is 0 Å².